The minimum absolute atomic E-state index is 0.0388. The summed E-state index contributed by atoms with van der Waals surface area (Å²) in [6.07, 6.45) is 5.32. The first-order valence-electron chi connectivity index (χ1n) is 8.21. The minimum atomic E-state index is -0.385. The summed E-state index contributed by atoms with van der Waals surface area (Å²) in [5, 5.41) is 3.21. The molecular formula is C18H28N2OS. The Morgan fingerprint density at radius 3 is 2.41 bits per heavy atom. The summed E-state index contributed by atoms with van der Waals surface area (Å²) < 4.78 is 0. The molecule has 122 valence electrons. The number of rotatable bonds is 6. The second-order valence-corrected chi connectivity index (χ2v) is 7.17. The lowest BCUT2D eigenvalue weighted by atomic mass is 9.94. The van der Waals surface area contributed by atoms with Gasteiger partial charge in [0.15, 0.2) is 0 Å². The van der Waals surface area contributed by atoms with Gasteiger partial charge in [0.2, 0.25) is 5.91 Å². The fraction of sp³-hybridized carbons (Fsp3) is 0.611. The molecule has 0 spiro atoms. The minimum Gasteiger partial charge on any atom is -0.348 e. The highest BCUT2D eigenvalue weighted by Crippen LogP contribution is 2.26. The number of nitrogens with zero attached hydrogens (tertiary/aromatic N) is 1. The molecule has 0 aromatic heterocycles. The Labute approximate surface area is 138 Å². The maximum Gasteiger partial charge on any atom is 0.240 e. The van der Waals surface area contributed by atoms with E-state index in [-0.39, 0.29) is 17.5 Å². The average molecular weight is 321 g/mol. The molecule has 4 heteroatoms. The largest absolute Gasteiger partial charge is 0.348 e. The number of carbonyl (C=O) groups is 1. The van der Waals surface area contributed by atoms with Crippen LogP contribution in [0.15, 0.2) is 29.2 Å². The van der Waals surface area contributed by atoms with Crippen molar-refractivity contribution in [2.24, 2.45) is 0 Å². The monoisotopic (exact) mass is 320 g/mol. The van der Waals surface area contributed by atoms with E-state index in [4.69, 9.17) is 0 Å². The van der Waals surface area contributed by atoms with Gasteiger partial charge in [-0.1, -0.05) is 19.1 Å². The van der Waals surface area contributed by atoms with Crippen LogP contribution in [0.4, 0.5) is 0 Å². The van der Waals surface area contributed by atoms with E-state index in [1.54, 1.807) is 11.8 Å². The van der Waals surface area contributed by atoms with Crippen LogP contribution in [-0.4, -0.2) is 35.7 Å². The molecule has 1 aromatic rings. The normalized spacial score (nSPS) is 19.6. The topological polar surface area (TPSA) is 32.3 Å². The molecule has 0 aliphatic carbocycles. The Morgan fingerprint density at radius 1 is 1.32 bits per heavy atom. The van der Waals surface area contributed by atoms with Crippen LogP contribution >= 0.6 is 11.8 Å². The summed E-state index contributed by atoms with van der Waals surface area (Å²) >= 11 is 1.73. The highest BCUT2D eigenvalue weighted by atomic mass is 32.2. The number of hydrogen-bond donors (Lipinski definition) is 1. The van der Waals surface area contributed by atoms with E-state index < -0.39 is 0 Å². The summed E-state index contributed by atoms with van der Waals surface area (Å²) in [5.41, 5.74) is 0.773. The van der Waals surface area contributed by atoms with Crippen LogP contribution in [-0.2, 0) is 4.79 Å². The molecule has 1 fully saturated rings. The summed E-state index contributed by atoms with van der Waals surface area (Å²) in [4.78, 5) is 16.4. The van der Waals surface area contributed by atoms with Crippen molar-refractivity contribution in [2.45, 2.75) is 56.5 Å². The van der Waals surface area contributed by atoms with Crippen molar-refractivity contribution in [3.05, 3.63) is 29.8 Å². The number of likely N-dealkylation sites (tertiary alicyclic amines) is 1. The first-order valence-corrected chi connectivity index (χ1v) is 9.43. The van der Waals surface area contributed by atoms with Crippen molar-refractivity contribution < 1.29 is 4.79 Å². The molecule has 1 aromatic carbocycles. The third kappa shape index (κ3) is 3.66. The molecule has 1 aliphatic heterocycles. The van der Waals surface area contributed by atoms with Gasteiger partial charge in [0.05, 0.1) is 11.6 Å². The standard InChI is InChI=1S/C18H28N2OS/c1-5-18(3,20-12-6-7-13-20)17(21)19-14(2)15-8-10-16(22-4)11-9-15/h8-11,14H,5-7,12-13H2,1-4H3,(H,19,21). The van der Waals surface area contributed by atoms with Crippen LogP contribution in [0.5, 0.6) is 0 Å². The number of thioether (sulfide) groups is 1. The lowest BCUT2D eigenvalue weighted by molar-refractivity contribution is -0.133. The fourth-order valence-corrected chi connectivity index (χ4v) is 3.47. The molecule has 3 nitrogen and oxygen atoms in total. The smallest absolute Gasteiger partial charge is 0.240 e. The second-order valence-electron chi connectivity index (χ2n) is 6.29. The molecule has 1 amide bonds. The molecule has 2 atom stereocenters. The van der Waals surface area contributed by atoms with Gasteiger partial charge >= 0.3 is 0 Å². The number of nitrogens with one attached hydrogen (secondary N) is 1. The van der Waals surface area contributed by atoms with Crippen molar-refractivity contribution in [3.63, 3.8) is 0 Å². The lowest BCUT2D eigenvalue weighted by Crippen LogP contribution is -2.55. The maximum atomic E-state index is 12.8. The molecule has 1 heterocycles. The molecule has 22 heavy (non-hydrogen) atoms. The Balaban J connectivity index is 2.05. The molecule has 1 saturated heterocycles. The first kappa shape index (κ1) is 17.4. The summed E-state index contributed by atoms with van der Waals surface area (Å²) in [6.45, 7) is 8.32. The quantitative estimate of drug-likeness (QED) is 0.808. The van der Waals surface area contributed by atoms with E-state index in [2.05, 4.69) is 61.5 Å². The van der Waals surface area contributed by atoms with E-state index in [1.807, 2.05) is 0 Å². The summed E-state index contributed by atoms with van der Waals surface area (Å²) in [7, 11) is 0. The van der Waals surface area contributed by atoms with Crippen LogP contribution in [0.2, 0.25) is 0 Å². The lowest BCUT2D eigenvalue weighted by Gasteiger charge is -2.37. The van der Waals surface area contributed by atoms with Crippen LogP contribution in [0.3, 0.4) is 0 Å². The number of amides is 1. The van der Waals surface area contributed by atoms with Crippen LogP contribution in [0, 0.1) is 0 Å². The van der Waals surface area contributed by atoms with Gasteiger partial charge in [-0.05, 0) is 70.2 Å². The fourth-order valence-electron chi connectivity index (χ4n) is 3.07. The van der Waals surface area contributed by atoms with Gasteiger partial charge in [0.25, 0.3) is 0 Å². The summed E-state index contributed by atoms with van der Waals surface area (Å²) in [6, 6.07) is 8.48. The zero-order chi connectivity index (χ0) is 16.2. The van der Waals surface area contributed by atoms with E-state index in [0.717, 1.165) is 25.1 Å². The molecule has 0 radical (unpaired) electrons. The third-order valence-corrected chi connectivity index (χ3v) is 5.69. The van der Waals surface area contributed by atoms with E-state index in [0.29, 0.717) is 0 Å². The molecule has 1 aliphatic rings. The SMILES string of the molecule is CCC(C)(C(=O)NC(C)c1ccc(SC)cc1)N1CCCC1. The van der Waals surface area contributed by atoms with Crippen molar-refractivity contribution in [1.82, 2.24) is 10.2 Å². The highest BCUT2D eigenvalue weighted by molar-refractivity contribution is 7.98. The average Bonchev–Trinajstić information content (AvgIpc) is 3.09. The van der Waals surface area contributed by atoms with Gasteiger partial charge in [-0.2, -0.15) is 0 Å². The maximum absolute atomic E-state index is 12.8. The van der Waals surface area contributed by atoms with Crippen molar-refractivity contribution >= 4 is 17.7 Å². The van der Waals surface area contributed by atoms with Gasteiger partial charge in [-0.15, -0.1) is 11.8 Å². The Bertz CT molecular complexity index is 496. The molecular weight excluding hydrogens is 292 g/mol. The van der Waals surface area contributed by atoms with Gasteiger partial charge < -0.3 is 5.32 Å². The molecule has 0 saturated carbocycles. The highest BCUT2D eigenvalue weighted by Gasteiger charge is 2.39. The zero-order valence-corrected chi connectivity index (χ0v) is 15.0. The van der Waals surface area contributed by atoms with Gasteiger partial charge in [0, 0.05) is 4.90 Å². The van der Waals surface area contributed by atoms with Crippen molar-refractivity contribution in [1.29, 1.82) is 0 Å². The number of benzene rings is 1. The van der Waals surface area contributed by atoms with E-state index >= 15 is 0 Å². The molecule has 2 rings (SSSR count). The molecule has 1 N–H and O–H groups in total. The van der Waals surface area contributed by atoms with Crippen LogP contribution in [0.25, 0.3) is 0 Å². The Hall–Kier alpha value is -1.00. The van der Waals surface area contributed by atoms with Gasteiger partial charge in [-0.3, -0.25) is 9.69 Å². The molecule has 2 unspecified atom stereocenters. The van der Waals surface area contributed by atoms with Crippen molar-refractivity contribution in [2.75, 3.05) is 19.3 Å². The predicted molar refractivity (Wildman–Crippen MR) is 94.3 cm³/mol. The second kappa shape index (κ2) is 7.51. The van der Waals surface area contributed by atoms with Crippen LogP contribution in [0.1, 0.15) is 51.6 Å². The van der Waals surface area contributed by atoms with E-state index in [1.165, 1.54) is 17.7 Å². The third-order valence-electron chi connectivity index (χ3n) is 4.95. The van der Waals surface area contributed by atoms with Crippen molar-refractivity contribution in [3.8, 4) is 0 Å². The zero-order valence-electron chi connectivity index (χ0n) is 14.2. The van der Waals surface area contributed by atoms with E-state index in [9.17, 15) is 4.79 Å². The van der Waals surface area contributed by atoms with Crippen LogP contribution < -0.4 is 5.32 Å². The molecule has 0 bridgehead atoms. The number of hydrogen-bond acceptors (Lipinski definition) is 3. The van der Waals surface area contributed by atoms with Gasteiger partial charge in [-0.25, -0.2) is 0 Å². The summed E-state index contributed by atoms with van der Waals surface area (Å²) in [5.74, 6) is 0.151. The first-order chi connectivity index (χ1) is 10.5. The predicted octanol–water partition coefficient (Wildman–Crippen LogP) is 3.85. The van der Waals surface area contributed by atoms with Gasteiger partial charge in [0.1, 0.15) is 0 Å². The number of carbonyl (C=O) groups excluding carboxylic acids is 1. The Morgan fingerprint density at radius 2 is 1.91 bits per heavy atom. The Kier molecular flexibility index (Phi) is 5.93.